The maximum Gasteiger partial charge on any atom is 0.277 e. The van der Waals surface area contributed by atoms with Gasteiger partial charge in [0.25, 0.3) is 5.91 Å². The average Bonchev–Trinajstić information content (AvgIpc) is 2.71. The predicted molar refractivity (Wildman–Crippen MR) is 70.5 cm³/mol. The lowest BCUT2D eigenvalue weighted by atomic mass is 10.1. The van der Waals surface area contributed by atoms with Gasteiger partial charge in [-0.15, -0.1) is 11.3 Å². The standard InChI is InChI=1S/C12H13FN4OS/c1-6-8(19-10(16-6)9(14)18)7-4-5-15-11(17-7)12(2,3)13/h4-5H,1-3H3,(H2,14,18). The monoisotopic (exact) mass is 280 g/mol. The van der Waals surface area contributed by atoms with E-state index < -0.39 is 11.6 Å². The fourth-order valence-corrected chi connectivity index (χ4v) is 2.40. The molecule has 0 spiro atoms. The van der Waals surface area contributed by atoms with Gasteiger partial charge in [0.2, 0.25) is 0 Å². The van der Waals surface area contributed by atoms with Gasteiger partial charge in [-0.05, 0) is 26.8 Å². The molecule has 0 aliphatic carbocycles. The lowest BCUT2D eigenvalue weighted by molar-refractivity contribution is 0.1000. The molecule has 0 atom stereocenters. The van der Waals surface area contributed by atoms with Crippen LogP contribution in [0.5, 0.6) is 0 Å². The van der Waals surface area contributed by atoms with Crippen molar-refractivity contribution in [2.24, 2.45) is 5.73 Å². The molecule has 0 fully saturated rings. The molecule has 0 saturated carbocycles. The van der Waals surface area contributed by atoms with Gasteiger partial charge in [-0.1, -0.05) is 0 Å². The van der Waals surface area contributed by atoms with Crippen molar-refractivity contribution in [2.75, 3.05) is 0 Å². The molecule has 1 amide bonds. The van der Waals surface area contributed by atoms with E-state index in [9.17, 15) is 9.18 Å². The van der Waals surface area contributed by atoms with Crippen molar-refractivity contribution in [3.8, 4) is 10.6 Å². The number of amides is 1. The number of carbonyl (C=O) groups is 1. The van der Waals surface area contributed by atoms with Crippen LogP contribution in [0, 0.1) is 6.92 Å². The fourth-order valence-electron chi connectivity index (χ4n) is 1.51. The lowest BCUT2D eigenvalue weighted by Gasteiger charge is -2.12. The third-order valence-corrected chi connectivity index (χ3v) is 3.62. The van der Waals surface area contributed by atoms with Crippen LogP contribution in [0.1, 0.15) is 35.2 Å². The number of aryl methyl sites for hydroxylation is 1. The smallest absolute Gasteiger partial charge is 0.277 e. The molecule has 2 N–H and O–H groups in total. The lowest BCUT2D eigenvalue weighted by Crippen LogP contribution is -2.14. The summed E-state index contributed by atoms with van der Waals surface area (Å²) in [6, 6.07) is 1.65. The number of nitrogens with zero attached hydrogens (tertiary/aromatic N) is 3. The normalized spacial score (nSPS) is 11.6. The number of aromatic nitrogens is 3. The van der Waals surface area contributed by atoms with E-state index in [0.717, 1.165) is 11.3 Å². The van der Waals surface area contributed by atoms with Crippen LogP contribution >= 0.6 is 11.3 Å². The Morgan fingerprint density at radius 3 is 2.63 bits per heavy atom. The van der Waals surface area contributed by atoms with Crippen LogP contribution in [0.25, 0.3) is 10.6 Å². The number of hydrogen-bond acceptors (Lipinski definition) is 5. The molecular weight excluding hydrogens is 267 g/mol. The van der Waals surface area contributed by atoms with Crippen LogP contribution in [0.4, 0.5) is 4.39 Å². The van der Waals surface area contributed by atoms with Crippen LogP contribution in [0.3, 0.4) is 0 Å². The highest BCUT2D eigenvalue weighted by molar-refractivity contribution is 7.17. The van der Waals surface area contributed by atoms with Crippen molar-refractivity contribution in [1.82, 2.24) is 15.0 Å². The van der Waals surface area contributed by atoms with Crippen molar-refractivity contribution >= 4 is 17.2 Å². The van der Waals surface area contributed by atoms with E-state index in [2.05, 4.69) is 15.0 Å². The molecule has 2 aromatic rings. The number of primary amides is 1. The minimum Gasteiger partial charge on any atom is -0.364 e. The van der Waals surface area contributed by atoms with Gasteiger partial charge in [-0.25, -0.2) is 19.3 Å². The summed E-state index contributed by atoms with van der Waals surface area (Å²) >= 11 is 1.14. The molecule has 7 heteroatoms. The van der Waals surface area contributed by atoms with Crippen LogP contribution in [-0.4, -0.2) is 20.9 Å². The summed E-state index contributed by atoms with van der Waals surface area (Å²) in [6.45, 7) is 4.53. The third-order valence-electron chi connectivity index (χ3n) is 2.43. The first-order valence-corrected chi connectivity index (χ1v) is 6.40. The molecular formula is C12H13FN4OS. The van der Waals surface area contributed by atoms with Gasteiger partial charge < -0.3 is 5.73 Å². The molecule has 0 aliphatic rings. The van der Waals surface area contributed by atoms with E-state index in [1.165, 1.54) is 20.0 Å². The Kier molecular flexibility index (Phi) is 3.32. The maximum absolute atomic E-state index is 13.8. The van der Waals surface area contributed by atoms with E-state index in [1.54, 1.807) is 13.0 Å². The molecule has 19 heavy (non-hydrogen) atoms. The van der Waals surface area contributed by atoms with Gasteiger partial charge in [-0.3, -0.25) is 4.79 Å². The van der Waals surface area contributed by atoms with Crippen molar-refractivity contribution in [2.45, 2.75) is 26.4 Å². The highest BCUT2D eigenvalue weighted by atomic mass is 32.1. The molecule has 5 nitrogen and oxygen atoms in total. The summed E-state index contributed by atoms with van der Waals surface area (Å²) in [4.78, 5) is 24.0. The zero-order valence-electron chi connectivity index (χ0n) is 10.8. The molecule has 0 bridgehead atoms. The second-order valence-corrected chi connectivity index (χ2v) is 5.53. The summed E-state index contributed by atoms with van der Waals surface area (Å²) < 4.78 is 13.8. The number of nitrogens with two attached hydrogens (primary N) is 1. The Morgan fingerprint density at radius 1 is 1.42 bits per heavy atom. The largest absolute Gasteiger partial charge is 0.364 e. The Labute approximate surface area is 113 Å². The first-order chi connectivity index (χ1) is 8.79. The first-order valence-electron chi connectivity index (χ1n) is 5.59. The first kappa shape index (κ1) is 13.5. The molecule has 0 aromatic carbocycles. The van der Waals surface area contributed by atoms with Crippen LogP contribution in [-0.2, 0) is 5.67 Å². The molecule has 0 unspecified atom stereocenters. The summed E-state index contributed by atoms with van der Waals surface area (Å²) in [6.07, 6.45) is 1.49. The zero-order chi connectivity index (χ0) is 14.2. The molecule has 0 radical (unpaired) electrons. The Hall–Kier alpha value is -1.89. The Morgan fingerprint density at radius 2 is 2.11 bits per heavy atom. The van der Waals surface area contributed by atoms with Crippen LogP contribution < -0.4 is 5.73 Å². The van der Waals surface area contributed by atoms with Gasteiger partial charge in [0.1, 0.15) is 0 Å². The third kappa shape index (κ3) is 2.76. The highest BCUT2D eigenvalue weighted by Gasteiger charge is 2.23. The summed E-state index contributed by atoms with van der Waals surface area (Å²) in [5, 5.41) is 0.215. The van der Waals surface area contributed by atoms with Crippen LogP contribution in [0.15, 0.2) is 12.3 Å². The number of thiazole rings is 1. The van der Waals surface area contributed by atoms with Gasteiger partial charge in [0.15, 0.2) is 16.5 Å². The molecule has 2 aromatic heterocycles. The number of rotatable bonds is 3. The van der Waals surface area contributed by atoms with Gasteiger partial charge in [0, 0.05) is 6.20 Å². The number of carbonyl (C=O) groups excluding carboxylic acids is 1. The van der Waals surface area contributed by atoms with Gasteiger partial charge in [0.05, 0.1) is 16.3 Å². The number of hydrogen-bond donors (Lipinski definition) is 1. The maximum atomic E-state index is 13.8. The van der Waals surface area contributed by atoms with Crippen molar-refractivity contribution < 1.29 is 9.18 Å². The summed E-state index contributed by atoms with van der Waals surface area (Å²) in [7, 11) is 0. The van der Waals surface area contributed by atoms with E-state index in [4.69, 9.17) is 5.73 Å². The van der Waals surface area contributed by atoms with Crippen molar-refractivity contribution in [3.05, 3.63) is 28.8 Å². The molecule has 2 heterocycles. The Bertz CT molecular complexity index is 633. The van der Waals surface area contributed by atoms with E-state index in [-0.39, 0.29) is 10.8 Å². The highest BCUT2D eigenvalue weighted by Crippen LogP contribution is 2.30. The van der Waals surface area contributed by atoms with Gasteiger partial charge >= 0.3 is 0 Å². The van der Waals surface area contributed by atoms with Crippen molar-refractivity contribution in [1.29, 1.82) is 0 Å². The predicted octanol–water partition coefficient (Wildman–Crippen LogP) is 2.21. The zero-order valence-corrected chi connectivity index (χ0v) is 11.6. The minimum atomic E-state index is -1.62. The van der Waals surface area contributed by atoms with E-state index in [0.29, 0.717) is 16.3 Å². The second-order valence-electron chi connectivity index (χ2n) is 4.54. The minimum absolute atomic E-state index is 0.0958. The summed E-state index contributed by atoms with van der Waals surface area (Å²) in [5.41, 5.74) is 4.74. The van der Waals surface area contributed by atoms with E-state index in [1.807, 2.05) is 0 Å². The molecule has 0 aliphatic heterocycles. The number of halogens is 1. The van der Waals surface area contributed by atoms with Crippen molar-refractivity contribution in [3.63, 3.8) is 0 Å². The summed E-state index contributed by atoms with van der Waals surface area (Å²) in [5.74, 6) is -0.488. The molecule has 100 valence electrons. The molecule has 0 saturated heterocycles. The molecule has 2 rings (SSSR count). The quantitative estimate of drug-likeness (QED) is 0.934. The topological polar surface area (TPSA) is 81.8 Å². The second kappa shape index (κ2) is 4.65. The average molecular weight is 280 g/mol. The Balaban J connectivity index is 2.50. The van der Waals surface area contributed by atoms with Crippen LogP contribution in [0.2, 0.25) is 0 Å². The fraction of sp³-hybridized carbons (Fsp3) is 0.333. The SMILES string of the molecule is Cc1nc(C(N)=O)sc1-c1ccnc(C(C)(C)F)n1. The number of alkyl halides is 1. The van der Waals surface area contributed by atoms with E-state index >= 15 is 0 Å². The van der Waals surface area contributed by atoms with Gasteiger partial charge in [-0.2, -0.15) is 0 Å².